The SMILES string of the molecule is COc1cc(NC(C(=O)N2CCCC2c2ncccn2)c2ccccc2)cc(OCCO)c1. The molecule has 2 N–H and O–H groups in total. The third kappa shape index (κ3) is 5.40. The molecule has 4 rings (SSSR count). The van der Waals surface area contributed by atoms with Crippen molar-refractivity contribution in [2.75, 3.05) is 32.2 Å². The lowest BCUT2D eigenvalue weighted by atomic mass is 10.0. The number of nitrogens with one attached hydrogen (secondary N) is 1. The molecule has 33 heavy (non-hydrogen) atoms. The van der Waals surface area contributed by atoms with Crippen molar-refractivity contribution < 1.29 is 19.4 Å². The van der Waals surface area contributed by atoms with Gasteiger partial charge in [0.15, 0.2) is 5.82 Å². The van der Waals surface area contributed by atoms with E-state index in [1.165, 1.54) is 0 Å². The summed E-state index contributed by atoms with van der Waals surface area (Å²) in [5, 5.41) is 12.5. The van der Waals surface area contributed by atoms with Crippen molar-refractivity contribution in [2.24, 2.45) is 0 Å². The number of carbonyl (C=O) groups is 1. The van der Waals surface area contributed by atoms with E-state index in [2.05, 4.69) is 15.3 Å². The van der Waals surface area contributed by atoms with E-state index >= 15 is 0 Å². The lowest BCUT2D eigenvalue weighted by molar-refractivity contribution is -0.133. The molecule has 0 saturated carbocycles. The van der Waals surface area contributed by atoms with Gasteiger partial charge in [-0.25, -0.2) is 9.97 Å². The van der Waals surface area contributed by atoms with Gasteiger partial charge in [-0.05, 0) is 24.5 Å². The summed E-state index contributed by atoms with van der Waals surface area (Å²) in [6.07, 6.45) is 5.14. The molecule has 8 heteroatoms. The number of nitrogens with zero attached hydrogens (tertiary/aromatic N) is 3. The number of ether oxygens (including phenoxy) is 2. The van der Waals surface area contributed by atoms with Gasteiger partial charge in [0.2, 0.25) is 5.91 Å². The zero-order valence-electron chi connectivity index (χ0n) is 18.6. The van der Waals surface area contributed by atoms with Gasteiger partial charge in [0.25, 0.3) is 0 Å². The molecule has 8 nitrogen and oxygen atoms in total. The Hall–Kier alpha value is -3.65. The van der Waals surface area contributed by atoms with Gasteiger partial charge in [0.1, 0.15) is 24.1 Å². The minimum Gasteiger partial charge on any atom is -0.497 e. The molecule has 2 unspecified atom stereocenters. The van der Waals surface area contributed by atoms with E-state index in [-0.39, 0.29) is 25.2 Å². The molecule has 1 aromatic heterocycles. The summed E-state index contributed by atoms with van der Waals surface area (Å²) in [5.74, 6) is 1.75. The van der Waals surface area contributed by atoms with Gasteiger partial charge in [0.05, 0.1) is 19.8 Å². The number of anilines is 1. The quantitative estimate of drug-likeness (QED) is 0.518. The highest BCUT2D eigenvalue weighted by Gasteiger charge is 2.36. The maximum atomic E-state index is 13.9. The van der Waals surface area contributed by atoms with Gasteiger partial charge in [0, 0.05) is 42.8 Å². The number of benzene rings is 2. The third-order valence-corrected chi connectivity index (χ3v) is 5.59. The van der Waals surface area contributed by atoms with Crippen LogP contribution in [0.15, 0.2) is 67.0 Å². The summed E-state index contributed by atoms with van der Waals surface area (Å²) in [5.41, 5.74) is 1.53. The first-order chi connectivity index (χ1) is 16.2. The van der Waals surface area contributed by atoms with Crippen LogP contribution in [0.1, 0.15) is 36.3 Å². The number of aromatic nitrogens is 2. The van der Waals surface area contributed by atoms with Gasteiger partial charge in [-0.2, -0.15) is 0 Å². The van der Waals surface area contributed by atoms with Gasteiger partial charge in [-0.1, -0.05) is 30.3 Å². The van der Waals surface area contributed by atoms with Crippen LogP contribution in [0.4, 0.5) is 5.69 Å². The number of amides is 1. The van der Waals surface area contributed by atoms with E-state index in [4.69, 9.17) is 14.6 Å². The van der Waals surface area contributed by atoms with E-state index < -0.39 is 6.04 Å². The van der Waals surface area contributed by atoms with Crippen molar-refractivity contribution in [1.29, 1.82) is 0 Å². The standard InChI is InChI=1S/C25H28N4O4/c1-32-20-15-19(16-21(17-20)33-14-13-30)28-23(18-7-3-2-4-8-18)25(31)29-12-5-9-22(29)24-26-10-6-11-27-24/h2-4,6-8,10-11,15-17,22-23,28,30H,5,9,12-14H2,1H3. The smallest absolute Gasteiger partial charge is 0.250 e. The van der Waals surface area contributed by atoms with E-state index in [1.807, 2.05) is 41.3 Å². The van der Waals surface area contributed by atoms with Gasteiger partial charge in [-0.15, -0.1) is 0 Å². The maximum Gasteiger partial charge on any atom is 0.250 e. The molecule has 1 aliphatic rings. The van der Waals surface area contributed by atoms with Gasteiger partial charge >= 0.3 is 0 Å². The lowest BCUT2D eigenvalue weighted by Gasteiger charge is -2.29. The first-order valence-corrected chi connectivity index (χ1v) is 11.0. The summed E-state index contributed by atoms with van der Waals surface area (Å²) in [4.78, 5) is 24.5. The molecule has 1 amide bonds. The highest BCUT2D eigenvalue weighted by Crippen LogP contribution is 2.34. The number of aliphatic hydroxyl groups excluding tert-OH is 1. The van der Waals surface area contributed by atoms with E-state index in [0.29, 0.717) is 29.6 Å². The predicted octanol–water partition coefficient (Wildman–Crippen LogP) is 3.37. The summed E-state index contributed by atoms with van der Waals surface area (Å²) >= 11 is 0. The Morgan fingerprint density at radius 1 is 1.15 bits per heavy atom. The summed E-state index contributed by atoms with van der Waals surface area (Å²) < 4.78 is 11.0. The van der Waals surface area contributed by atoms with Crippen molar-refractivity contribution in [2.45, 2.75) is 24.9 Å². The maximum absolute atomic E-state index is 13.9. The molecule has 3 aromatic rings. The van der Waals surface area contributed by atoms with Gasteiger partial charge in [-0.3, -0.25) is 4.79 Å². The Morgan fingerprint density at radius 2 is 1.91 bits per heavy atom. The third-order valence-electron chi connectivity index (χ3n) is 5.59. The molecule has 172 valence electrons. The van der Waals surface area contributed by atoms with Crippen LogP contribution in [0.25, 0.3) is 0 Å². The fraction of sp³-hybridized carbons (Fsp3) is 0.320. The zero-order valence-corrected chi connectivity index (χ0v) is 18.6. The molecule has 0 radical (unpaired) electrons. The molecular weight excluding hydrogens is 420 g/mol. The average Bonchev–Trinajstić information content (AvgIpc) is 3.36. The molecule has 1 fully saturated rings. The van der Waals surface area contributed by atoms with Gasteiger partial charge < -0.3 is 24.8 Å². The Morgan fingerprint density at radius 3 is 2.64 bits per heavy atom. The van der Waals surface area contributed by atoms with Crippen LogP contribution in [0.3, 0.4) is 0 Å². The van der Waals surface area contributed by atoms with Crippen LogP contribution in [-0.4, -0.2) is 52.7 Å². The summed E-state index contributed by atoms with van der Waals surface area (Å²) in [6, 6.07) is 16.0. The summed E-state index contributed by atoms with van der Waals surface area (Å²) in [6.45, 7) is 0.721. The number of aliphatic hydroxyl groups is 1. The molecule has 1 saturated heterocycles. The van der Waals surface area contributed by atoms with Crippen molar-refractivity contribution in [1.82, 2.24) is 14.9 Å². The molecule has 2 atom stereocenters. The van der Waals surface area contributed by atoms with Crippen molar-refractivity contribution >= 4 is 11.6 Å². The topological polar surface area (TPSA) is 96.8 Å². The van der Waals surface area contributed by atoms with E-state index in [9.17, 15) is 4.79 Å². The van der Waals surface area contributed by atoms with Crippen LogP contribution < -0.4 is 14.8 Å². The second-order valence-electron chi connectivity index (χ2n) is 7.75. The Bertz CT molecular complexity index is 1050. The second kappa shape index (κ2) is 10.8. The normalized spacial score (nSPS) is 16.3. The monoisotopic (exact) mass is 448 g/mol. The second-order valence-corrected chi connectivity index (χ2v) is 7.75. The zero-order chi connectivity index (χ0) is 23.0. The highest BCUT2D eigenvalue weighted by atomic mass is 16.5. The highest BCUT2D eigenvalue weighted by molar-refractivity contribution is 5.87. The van der Waals surface area contributed by atoms with Crippen LogP contribution in [0, 0.1) is 0 Å². The number of hydrogen-bond donors (Lipinski definition) is 2. The van der Waals surface area contributed by atoms with Crippen LogP contribution in [0.2, 0.25) is 0 Å². The van der Waals surface area contributed by atoms with Crippen LogP contribution >= 0.6 is 0 Å². The molecule has 0 bridgehead atoms. The predicted molar refractivity (Wildman–Crippen MR) is 124 cm³/mol. The average molecular weight is 449 g/mol. The Labute approximate surface area is 193 Å². The molecule has 2 aromatic carbocycles. The number of hydrogen-bond acceptors (Lipinski definition) is 7. The van der Waals surface area contributed by atoms with Crippen molar-refractivity contribution in [3.63, 3.8) is 0 Å². The first-order valence-electron chi connectivity index (χ1n) is 11.0. The van der Waals surface area contributed by atoms with Crippen LogP contribution in [0.5, 0.6) is 11.5 Å². The molecular formula is C25H28N4O4. The lowest BCUT2D eigenvalue weighted by Crippen LogP contribution is -2.38. The van der Waals surface area contributed by atoms with E-state index in [0.717, 1.165) is 18.4 Å². The minimum atomic E-state index is -0.617. The number of carbonyl (C=O) groups excluding carboxylic acids is 1. The van der Waals surface area contributed by atoms with Crippen molar-refractivity contribution in [3.8, 4) is 11.5 Å². The van der Waals surface area contributed by atoms with Crippen molar-refractivity contribution in [3.05, 3.63) is 78.4 Å². The first kappa shape index (κ1) is 22.5. The number of methoxy groups -OCH3 is 1. The number of likely N-dealkylation sites (tertiary alicyclic amines) is 1. The number of rotatable bonds is 9. The van der Waals surface area contributed by atoms with Crippen LogP contribution in [-0.2, 0) is 4.79 Å². The fourth-order valence-corrected chi connectivity index (χ4v) is 4.07. The largest absolute Gasteiger partial charge is 0.497 e. The molecule has 0 spiro atoms. The molecule has 0 aliphatic carbocycles. The Kier molecular flexibility index (Phi) is 7.36. The molecule has 2 heterocycles. The molecule has 1 aliphatic heterocycles. The van der Waals surface area contributed by atoms with E-state index in [1.54, 1.807) is 37.7 Å². The Balaban J connectivity index is 1.65. The fourth-order valence-electron chi connectivity index (χ4n) is 4.07. The summed E-state index contributed by atoms with van der Waals surface area (Å²) in [7, 11) is 1.57. The minimum absolute atomic E-state index is 0.0446.